The fourth-order valence-corrected chi connectivity index (χ4v) is 4.55. The Morgan fingerprint density at radius 2 is 1.83 bits per heavy atom. The number of nitrogens with one attached hydrogen (secondary N) is 1. The summed E-state index contributed by atoms with van der Waals surface area (Å²) in [5.41, 5.74) is 3.04. The van der Waals surface area contributed by atoms with Crippen LogP contribution in [0.25, 0.3) is 0 Å². The molecule has 1 aliphatic rings. The smallest absolute Gasteiger partial charge is 0.241 e. The minimum absolute atomic E-state index is 0.00223. The SMILES string of the molecule is Cc1ccc(S(=O)(=O)NC2CC(C)(C)Cc3occ(C)c32)cc1. The summed E-state index contributed by atoms with van der Waals surface area (Å²) in [7, 11) is -3.56. The van der Waals surface area contributed by atoms with Gasteiger partial charge in [0.05, 0.1) is 17.2 Å². The van der Waals surface area contributed by atoms with E-state index in [9.17, 15) is 8.42 Å². The van der Waals surface area contributed by atoms with Crippen LogP contribution in [0.5, 0.6) is 0 Å². The first kappa shape index (κ1) is 16.3. The van der Waals surface area contributed by atoms with Gasteiger partial charge in [-0.25, -0.2) is 13.1 Å². The number of furan rings is 1. The van der Waals surface area contributed by atoms with Crippen molar-refractivity contribution in [3.8, 4) is 0 Å². The quantitative estimate of drug-likeness (QED) is 0.927. The number of benzene rings is 1. The molecule has 1 N–H and O–H groups in total. The van der Waals surface area contributed by atoms with Gasteiger partial charge in [-0.15, -0.1) is 0 Å². The molecule has 2 aromatic rings. The van der Waals surface area contributed by atoms with Gasteiger partial charge in [-0.1, -0.05) is 31.5 Å². The highest BCUT2D eigenvalue weighted by atomic mass is 32.2. The minimum atomic E-state index is -3.56. The molecule has 0 saturated carbocycles. The molecule has 5 heteroatoms. The van der Waals surface area contributed by atoms with Crippen molar-refractivity contribution in [1.82, 2.24) is 4.72 Å². The average Bonchev–Trinajstić information content (AvgIpc) is 2.78. The van der Waals surface area contributed by atoms with Crippen molar-refractivity contribution >= 4 is 10.0 Å². The fourth-order valence-electron chi connectivity index (χ4n) is 3.35. The molecule has 1 unspecified atom stereocenters. The van der Waals surface area contributed by atoms with E-state index in [1.165, 1.54) is 0 Å². The van der Waals surface area contributed by atoms with E-state index in [-0.39, 0.29) is 11.5 Å². The molecule has 1 aromatic heterocycles. The largest absolute Gasteiger partial charge is 0.469 e. The molecule has 124 valence electrons. The van der Waals surface area contributed by atoms with Crippen LogP contribution in [0.15, 0.2) is 39.8 Å². The third-order valence-corrected chi connectivity index (χ3v) is 5.96. The van der Waals surface area contributed by atoms with Gasteiger partial charge in [0.2, 0.25) is 10.0 Å². The Bertz CT molecular complexity index is 816. The molecular formula is C18H23NO3S. The molecule has 1 heterocycles. The first-order chi connectivity index (χ1) is 10.7. The van der Waals surface area contributed by atoms with Crippen LogP contribution in [-0.2, 0) is 16.4 Å². The monoisotopic (exact) mass is 333 g/mol. The maximum absolute atomic E-state index is 12.7. The van der Waals surface area contributed by atoms with Gasteiger partial charge in [-0.3, -0.25) is 0 Å². The summed E-state index contributed by atoms with van der Waals surface area (Å²) in [6.45, 7) is 8.18. The lowest BCUT2D eigenvalue weighted by Gasteiger charge is -2.35. The van der Waals surface area contributed by atoms with Gasteiger partial charge in [0.25, 0.3) is 0 Å². The van der Waals surface area contributed by atoms with E-state index in [0.717, 1.165) is 35.3 Å². The molecule has 23 heavy (non-hydrogen) atoms. The highest BCUT2D eigenvalue weighted by Gasteiger charge is 2.37. The zero-order valence-electron chi connectivity index (χ0n) is 14.0. The molecule has 0 aliphatic heterocycles. The van der Waals surface area contributed by atoms with Crippen LogP contribution in [-0.4, -0.2) is 8.42 Å². The van der Waals surface area contributed by atoms with Crippen LogP contribution in [0.2, 0.25) is 0 Å². The topological polar surface area (TPSA) is 59.3 Å². The second kappa shape index (κ2) is 5.49. The summed E-state index contributed by atoms with van der Waals surface area (Å²) in [4.78, 5) is 0.300. The summed E-state index contributed by atoms with van der Waals surface area (Å²) in [6, 6.07) is 6.67. The lowest BCUT2D eigenvalue weighted by atomic mass is 9.74. The molecule has 1 aromatic carbocycles. The van der Waals surface area contributed by atoms with Crippen molar-refractivity contribution in [2.75, 3.05) is 0 Å². The fraction of sp³-hybridized carbons (Fsp3) is 0.444. The van der Waals surface area contributed by atoms with Gasteiger partial charge < -0.3 is 4.42 Å². The molecule has 0 fully saturated rings. The van der Waals surface area contributed by atoms with Gasteiger partial charge in [-0.05, 0) is 43.4 Å². The number of aryl methyl sites for hydroxylation is 2. The van der Waals surface area contributed by atoms with E-state index in [4.69, 9.17) is 4.42 Å². The summed E-state index contributed by atoms with van der Waals surface area (Å²) in [6.07, 6.45) is 3.31. The van der Waals surface area contributed by atoms with Gasteiger partial charge in [-0.2, -0.15) is 0 Å². The molecule has 1 aliphatic carbocycles. The summed E-state index contributed by atoms with van der Waals surface area (Å²) in [5, 5.41) is 0. The van der Waals surface area contributed by atoms with Crippen LogP contribution >= 0.6 is 0 Å². The van der Waals surface area contributed by atoms with Gasteiger partial charge in [0.1, 0.15) is 5.76 Å². The predicted octanol–water partition coefficient (Wildman–Crippen LogP) is 3.89. The highest BCUT2D eigenvalue weighted by Crippen LogP contribution is 2.43. The number of rotatable bonds is 3. The third-order valence-electron chi connectivity index (χ3n) is 4.48. The molecule has 1 atom stereocenters. The molecule has 3 rings (SSSR count). The minimum Gasteiger partial charge on any atom is -0.469 e. The Morgan fingerprint density at radius 3 is 2.48 bits per heavy atom. The summed E-state index contributed by atoms with van der Waals surface area (Å²) in [5.74, 6) is 0.898. The Balaban J connectivity index is 1.95. The molecular weight excluding hydrogens is 310 g/mol. The predicted molar refractivity (Wildman–Crippen MR) is 89.8 cm³/mol. The van der Waals surface area contributed by atoms with Crippen LogP contribution in [0.4, 0.5) is 0 Å². The molecule has 0 amide bonds. The van der Waals surface area contributed by atoms with Gasteiger partial charge >= 0.3 is 0 Å². The van der Waals surface area contributed by atoms with Gasteiger partial charge in [0.15, 0.2) is 0 Å². The standard InChI is InChI=1S/C18H23NO3S/c1-12-5-7-14(8-6-12)23(20,21)19-15-9-18(3,4)10-16-17(15)13(2)11-22-16/h5-8,11,15,19H,9-10H2,1-4H3. The van der Waals surface area contributed by atoms with Crippen molar-refractivity contribution < 1.29 is 12.8 Å². The highest BCUT2D eigenvalue weighted by molar-refractivity contribution is 7.89. The summed E-state index contributed by atoms with van der Waals surface area (Å²) >= 11 is 0. The van der Waals surface area contributed by atoms with Crippen molar-refractivity contribution in [2.24, 2.45) is 5.41 Å². The third kappa shape index (κ3) is 3.21. The van der Waals surface area contributed by atoms with E-state index in [1.807, 2.05) is 26.0 Å². The van der Waals surface area contributed by atoms with Crippen LogP contribution in [0.3, 0.4) is 0 Å². The Morgan fingerprint density at radius 1 is 1.17 bits per heavy atom. The zero-order valence-corrected chi connectivity index (χ0v) is 14.8. The lowest BCUT2D eigenvalue weighted by Crippen LogP contribution is -2.36. The Labute approximate surface area is 138 Å². The van der Waals surface area contributed by atoms with E-state index in [1.54, 1.807) is 18.4 Å². The van der Waals surface area contributed by atoms with Crippen molar-refractivity contribution in [3.63, 3.8) is 0 Å². The van der Waals surface area contributed by atoms with Gasteiger partial charge in [0, 0.05) is 12.0 Å². The maximum atomic E-state index is 12.7. The second-order valence-corrected chi connectivity index (χ2v) is 9.00. The number of fused-ring (bicyclic) bond motifs is 1. The summed E-state index contributed by atoms with van der Waals surface area (Å²) < 4.78 is 34.0. The number of sulfonamides is 1. The number of hydrogen-bond acceptors (Lipinski definition) is 3. The van der Waals surface area contributed by atoms with E-state index >= 15 is 0 Å². The maximum Gasteiger partial charge on any atom is 0.241 e. The first-order valence-electron chi connectivity index (χ1n) is 7.84. The zero-order chi connectivity index (χ0) is 16.8. The van der Waals surface area contributed by atoms with Crippen molar-refractivity contribution in [2.45, 2.75) is 51.5 Å². The lowest BCUT2D eigenvalue weighted by molar-refractivity contribution is 0.248. The van der Waals surface area contributed by atoms with Crippen LogP contribution < -0.4 is 4.72 Å². The second-order valence-electron chi connectivity index (χ2n) is 7.29. The first-order valence-corrected chi connectivity index (χ1v) is 9.32. The number of hydrogen-bond donors (Lipinski definition) is 1. The normalized spacial score (nSPS) is 20.3. The van der Waals surface area contributed by atoms with E-state index in [2.05, 4.69) is 18.6 Å². The van der Waals surface area contributed by atoms with E-state index < -0.39 is 10.0 Å². The molecule has 4 nitrogen and oxygen atoms in total. The Hall–Kier alpha value is -1.59. The average molecular weight is 333 g/mol. The molecule has 0 spiro atoms. The molecule has 0 bridgehead atoms. The van der Waals surface area contributed by atoms with Crippen LogP contribution in [0.1, 0.15) is 48.8 Å². The molecule has 0 saturated heterocycles. The Kier molecular flexibility index (Phi) is 3.89. The van der Waals surface area contributed by atoms with E-state index in [0.29, 0.717) is 4.90 Å². The van der Waals surface area contributed by atoms with Crippen molar-refractivity contribution in [1.29, 1.82) is 0 Å². The molecule has 0 radical (unpaired) electrons. The van der Waals surface area contributed by atoms with Crippen LogP contribution in [0, 0.1) is 19.3 Å². The van der Waals surface area contributed by atoms with Crippen molar-refractivity contribution in [3.05, 3.63) is 53.0 Å².